The van der Waals surface area contributed by atoms with Crippen LogP contribution < -0.4 is 0 Å². The quantitative estimate of drug-likeness (QED) is 0.770. The van der Waals surface area contributed by atoms with Crippen LogP contribution in [0, 0.1) is 17.3 Å². The topological polar surface area (TPSA) is 40.5 Å². The molecule has 0 spiro atoms. The number of phenols is 1. The maximum atomic E-state index is 10.5. The lowest BCUT2D eigenvalue weighted by atomic mass is 9.55. The number of phenolic OH excluding ortho intramolecular Hbond substituents is 1. The Balaban J connectivity index is 1.70. The van der Waals surface area contributed by atoms with E-state index < -0.39 is 0 Å². The second kappa shape index (κ2) is 5.70. The summed E-state index contributed by atoms with van der Waals surface area (Å²) in [5.74, 6) is 3.50. The first-order chi connectivity index (χ1) is 11.0. The number of aliphatic hydroxyl groups excluding tert-OH is 1. The van der Waals surface area contributed by atoms with Crippen LogP contribution in [0.5, 0.6) is 5.75 Å². The molecule has 23 heavy (non-hydrogen) atoms. The first-order valence-corrected chi connectivity index (χ1v) is 10.2. The Bertz CT molecular complexity index is 614. The molecule has 3 aliphatic rings. The first kappa shape index (κ1) is 15.8. The predicted octanol–water partition coefficient (Wildman–Crippen LogP) is 4.72. The maximum Gasteiger partial charge on any atom is 0.129 e. The van der Waals surface area contributed by atoms with Crippen LogP contribution in [0.4, 0.5) is 0 Å². The molecule has 1 aromatic carbocycles. The molecule has 0 aromatic heterocycles. The monoisotopic (exact) mass is 332 g/mol. The second-order valence-corrected chi connectivity index (χ2v) is 9.31. The van der Waals surface area contributed by atoms with Gasteiger partial charge < -0.3 is 10.2 Å². The third-order valence-electron chi connectivity index (χ3n) is 7.05. The summed E-state index contributed by atoms with van der Waals surface area (Å²) in [6.07, 6.45) is 6.75. The van der Waals surface area contributed by atoms with E-state index in [9.17, 15) is 10.2 Å². The van der Waals surface area contributed by atoms with Gasteiger partial charge in [-0.1, -0.05) is 13.8 Å². The summed E-state index contributed by atoms with van der Waals surface area (Å²) in [4.78, 5) is 1.05. The SMILES string of the molecule is CCSc1cc2c(cc1O)CC[C@H]1[C@@H]2CC[C@]2(C)[C@@H]1CC[C@@H]2O. The van der Waals surface area contributed by atoms with E-state index >= 15 is 0 Å². The van der Waals surface area contributed by atoms with Crippen LogP contribution in [0.15, 0.2) is 17.0 Å². The highest BCUT2D eigenvalue weighted by atomic mass is 32.2. The van der Waals surface area contributed by atoms with Crippen molar-refractivity contribution in [1.82, 2.24) is 0 Å². The van der Waals surface area contributed by atoms with Gasteiger partial charge in [0.1, 0.15) is 5.75 Å². The van der Waals surface area contributed by atoms with Crippen molar-refractivity contribution in [1.29, 1.82) is 0 Å². The molecular weight excluding hydrogens is 304 g/mol. The Morgan fingerprint density at radius 3 is 2.83 bits per heavy atom. The molecular formula is C20H28O2S. The molecule has 0 unspecified atom stereocenters. The molecule has 0 radical (unpaired) electrons. The van der Waals surface area contributed by atoms with Crippen molar-refractivity contribution < 1.29 is 10.2 Å². The average Bonchev–Trinajstić information content (AvgIpc) is 2.84. The molecule has 5 atom stereocenters. The van der Waals surface area contributed by atoms with Gasteiger partial charge in [0.05, 0.1) is 6.10 Å². The summed E-state index contributed by atoms with van der Waals surface area (Å²) in [5.41, 5.74) is 3.01. The van der Waals surface area contributed by atoms with Gasteiger partial charge in [0.2, 0.25) is 0 Å². The number of rotatable bonds is 2. The van der Waals surface area contributed by atoms with Gasteiger partial charge in [0.15, 0.2) is 0 Å². The minimum Gasteiger partial charge on any atom is -0.507 e. The third kappa shape index (κ3) is 2.34. The second-order valence-electron chi connectivity index (χ2n) is 8.00. The molecule has 2 saturated carbocycles. The normalized spacial score (nSPS) is 38.7. The van der Waals surface area contributed by atoms with Gasteiger partial charge in [0, 0.05) is 4.90 Å². The molecule has 0 bridgehead atoms. The van der Waals surface area contributed by atoms with Crippen LogP contribution in [-0.4, -0.2) is 22.1 Å². The van der Waals surface area contributed by atoms with Gasteiger partial charge in [-0.2, -0.15) is 0 Å². The molecule has 0 heterocycles. The fourth-order valence-corrected chi connectivity index (χ4v) is 6.56. The summed E-state index contributed by atoms with van der Waals surface area (Å²) >= 11 is 1.74. The van der Waals surface area contributed by atoms with E-state index in [0.717, 1.165) is 35.8 Å². The first-order valence-electron chi connectivity index (χ1n) is 9.21. The number of hydrogen-bond acceptors (Lipinski definition) is 3. The number of aromatic hydroxyl groups is 1. The van der Waals surface area contributed by atoms with Gasteiger partial charge in [-0.05, 0) is 90.7 Å². The van der Waals surface area contributed by atoms with Crippen molar-refractivity contribution in [2.45, 2.75) is 69.3 Å². The minimum absolute atomic E-state index is 0.0964. The number of aryl methyl sites for hydroxylation is 1. The van der Waals surface area contributed by atoms with Gasteiger partial charge in [-0.3, -0.25) is 0 Å². The van der Waals surface area contributed by atoms with Crippen molar-refractivity contribution >= 4 is 11.8 Å². The summed E-state index contributed by atoms with van der Waals surface area (Å²) in [7, 11) is 0. The Hall–Kier alpha value is -0.670. The highest BCUT2D eigenvalue weighted by Gasteiger charge is 2.54. The molecule has 3 aliphatic carbocycles. The summed E-state index contributed by atoms with van der Waals surface area (Å²) in [5, 5.41) is 20.7. The van der Waals surface area contributed by atoms with Crippen molar-refractivity contribution in [3.05, 3.63) is 23.3 Å². The van der Waals surface area contributed by atoms with E-state index in [4.69, 9.17) is 0 Å². The Morgan fingerprint density at radius 1 is 1.22 bits per heavy atom. The fourth-order valence-electron chi connectivity index (χ4n) is 5.83. The molecule has 126 valence electrons. The van der Waals surface area contributed by atoms with Crippen molar-refractivity contribution in [3.63, 3.8) is 0 Å². The van der Waals surface area contributed by atoms with Gasteiger partial charge in [0.25, 0.3) is 0 Å². The van der Waals surface area contributed by atoms with Crippen LogP contribution >= 0.6 is 11.8 Å². The molecule has 3 heteroatoms. The molecule has 2 N–H and O–H groups in total. The van der Waals surface area contributed by atoms with Crippen LogP contribution in [0.2, 0.25) is 0 Å². The summed E-state index contributed by atoms with van der Waals surface area (Å²) < 4.78 is 0. The van der Waals surface area contributed by atoms with Crippen LogP contribution in [0.25, 0.3) is 0 Å². The highest BCUT2D eigenvalue weighted by molar-refractivity contribution is 7.99. The Kier molecular flexibility index (Phi) is 3.92. The number of fused-ring (bicyclic) bond motifs is 5. The predicted molar refractivity (Wildman–Crippen MR) is 95.1 cm³/mol. The lowest BCUT2D eigenvalue weighted by Crippen LogP contribution is -2.43. The van der Waals surface area contributed by atoms with E-state index in [2.05, 4.69) is 19.9 Å². The summed E-state index contributed by atoms with van der Waals surface area (Å²) in [6.45, 7) is 4.47. The molecule has 0 aliphatic heterocycles. The minimum atomic E-state index is -0.0964. The molecule has 0 saturated heterocycles. The highest BCUT2D eigenvalue weighted by Crippen LogP contribution is 2.61. The van der Waals surface area contributed by atoms with Crippen molar-refractivity contribution in [3.8, 4) is 5.75 Å². The van der Waals surface area contributed by atoms with E-state index in [0.29, 0.717) is 17.6 Å². The van der Waals surface area contributed by atoms with Crippen LogP contribution in [-0.2, 0) is 6.42 Å². The van der Waals surface area contributed by atoms with E-state index in [1.54, 1.807) is 11.8 Å². The number of benzene rings is 1. The molecule has 2 fully saturated rings. The fraction of sp³-hybridized carbons (Fsp3) is 0.700. The van der Waals surface area contributed by atoms with Crippen molar-refractivity contribution in [2.75, 3.05) is 5.75 Å². The molecule has 4 rings (SSSR count). The van der Waals surface area contributed by atoms with Crippen LogP contribution in [0.1, 0.15) is 63.0 Å². The Labute approximate surface area is 143 Å². The van der Waals surface area contributed by atoms with Gasteiger partial charge in [-0.25, -0.2) is 0 Å². The zero-order chi connectivity index (χ0) is 16.2. The smallest absolute Gasteiger partial charge is 0.129 e. The van der Waals surface area contributed by atoms with Crippen molar-refractivity contribution in [2.24, 2.45) is 17.3 Å². The van der Waals surface area contributed by atoms with Crippen LogP contribution in [0.3, 0.4) is 0 Å². The largest absolute Gasteiger partial charge is 0.507 e. The third-order valence-corrected chi connectivity index (χ3v) is 7.98. The average molecular weight is 333 g/mol. The van der Waals surface area contributed by atoms with Gasteiger partial charge in [-0.15, -0.1) is 11.8 Å². The number of thioether (sulfide) groups is 1. The van der Waals surface area contributed by atoms with E-state index in [1.165, 1.54) is 30.4 Å². The molecule has 0 amide bonds. The lowest BCUT2D eigenvalue weighted by Gasteiger charge is -2.50. The summed E-state index contributed by atoms with van der Waals surface area (Å²) in [6, 6.07) is 4.31. The lowest BCUT2D eigenvalue weighted by molar-refractivity contribution is -0.0226. The molecule has 2 nitrogen and oxygen atoms in total. The molecule has 1 aromatic rings. The Morgan fingerprint density at radius 2 is 2.04 bits per heavy atom. The number of aliphatic hydroxyl groups is 1. The zero-order valence-corrected chi connectivity index (χ0v) is 15.0. The van der Waals surface area contributed by atoms with E-state index in [-0.39, 0.29) is 11.5 Å². The number of hydrogen-bond donors (Lipinski definition) is 2. The standard InChI is InChI=1S/C20H28O2S/c1-3-23-18-11-15-12(10-17(18)21)4-5-14-13(15)8-9-20(2)16(14)6-7-19(20)22/h10-11,13-14,16,19,21-22H,3-9H2,1-2H3/t13-,14-,16+,19-,20+/m0/s1. The zero-order valence-electron chi connectivity index (χ0n) is 14.2. The van der Waals surface area contributed by atoms with Gasteiger partial charge >= 0.3 is 0 Å². The maximum absolute atomic E-state index is 10.5. The van der Waals surface area contributed by atoms with E-state index in [1.807, 2.05) is 6.07 Å².